The van der Waals surface area contributed by atoms with Crippen molar-refractivity contribution in [1.29, 1.82) is 0 Å². The molecule has 74 valence electrons. The molecular formula is C8H10N4O2. The lowest BCUT2D eigenvalue weighted by Crippen LogP contribution is -1.99. The molecule has 0 saturated heterocycles. The predicted octanol–water partition coefficient (Wildman–Crippen LogP) is 0.368. The fourth-order valence-corrected chi connectivity index (χ4v) is 1.04. The van der Waals surface area contributed by atoms with Crippen LogP contribution in [0.5, 0.6) is 0 Å². The third kappa shape index (κ3) is 1.80. The minimum Gasteiger partial charge on any atom is -0.384 e. The van der Waals surface area contributed by atoms with Gasteiger partial charge in [-0.3, -0.25) is 0 Å². The lowest BCUT2D eigenvalue weighted by atomic mass is 10.4. The molecule has 0 spiro atoms. The second kappa shape index (κ2) is 3.59. The van der Waals surface area contributed by atoms with Gasteiger partial charge in [0.15, 0.2) is 5.82 Å². The zero-order valence-electron chi connectivity index (χ0n) is 7.66. The molecular weight excluding hydrogens is 184 g/mol. The average Bonchev–Trinajstić information content (AvgIpc) is 2.75. The molecule has 2 aromatic rings. The molecule has 0 fully saturated rings. The van der Waals surface area contributed by atoms with Gasteiger partial charge in [0.05, 0.1) is 12.9 Å². The van der Waals surface area contributed by atoms with Crippen molar-refractivity contribution in [3.63, 3.8) is 0 Å². The van der Waals surface area contributed by atoms with Crippen molar-refractivity contribution in [1.82, 2.24) is 19.7 Å². The summed E-state index contributed by atoms with van der Waals surface area (Å²) >= 11 is 0. The van der Waals surface area contributed by atoms with E-state index in [0.717, 1.165) is 0 Å². The van der Waals surface area contributed by atoms with Crippen molar-refractivity contribution in [2.45, 2.75) is 19.6 Å². The number of nitrogens with zero attached hydrogens (tertiary/aromatic N) is 4. The van der Waals surface area contributed by atoms with Crippen LogP contribution >= 0.6 is 0 Å². The predicted molar refractivity (Wildman–Crippen MR) is 46.3 cm³/mol. The monoisotopic (exact) mass is 194 g/mol. The van der Waals surface area contributed by atoms with E-state index in [1.54, 1.807) is 25.6 Å². The first-order chi connectivity index (χ1) is 6.75. The largest absolute Gasteiger partial charge is 0.384 e. The standard InChI is InChI=1S/C8H10N4O2/c1-6(13)8-10-7(11-14-8)4-12-3-2-9-5-12/h2-3,5-6,13H,4H2,1H3/t6-/m0/s1. The van der Waals surface area contributed by atoms with Gasteiger partial charge in [-0.15, -0.1) is 0 Å². The molecule has 0 aliphatic carbocycles. The molecule has 0 aliphatic rings. The van der Waals surface area contributed by atoms with Crippen LogP contribution in [0.4, 0.5) is 0 Å². The maximum absolute atomic E-state index is 9.15. The summed E-state index contributed by atoms with van der Waals surface area (Å²) in [6, 6.07) is 0. The minimum atomic E-state index is -0.723. The summed E-state index contributed by atoms with van der Waals surface area (Å²) < 4.78 is 6.65. The molecule has 0 bridgehead atoms. The quantitative estimate of drug-likeness (QED) is 0.763. The van der Waals surface area contributed by atoms with E-state index in [-0.39, 0.29) is 5.89 Å². The Labute approximate surface area is 80.2 Å². The Morgan fingerprint density at radius 1 is 1.64 bits per heavy atom. The van der Waals surface area contributed by atoms with Crippen LogP contribution in [0.3, 0.4) is 0 Å². The van der Waals surface area contributed by atoms with Crippen LogP contribution in [0.15, 0.2) is 23.2 Å². The highest BCUT2D eigenvalue weighted by atomic mass is 16.5. The van der Waals surface area contributed by atoms with Gasteiger partial charge < -0.3 is 14.2 Å². The molecule has 2 aromatic heterocycles. The van der Waals surface area contributed by atoms with E-state index in [0.29, 0.717) is 12.4 Å². The summed E-state index contributed by atoms with van der Waals surface area (Å²) in [6.45, 7) is 2.07. The number of aliphatic hydroxyl groups excluding tert-OH is 1. The SMILES string of the molecule is C[C@H](O)c1nc(Cn2ccnc2)no1. The maximum Gasteiger partial charge on any atom is 0.255 e. The van der Waals surface area contributed by atoms with Gasteiger partial charge in [0, 0.05) is 12.4 Å². The van der Waals surface area contributed by atoms with Gasteiger partial charge in [-0.2, -0.15) is 4.98 Å². The van der Waals surface area contributed by atoms with Crippen LogP contribution in [0.25, 0.3) is 0 Å². The van der Waals surface area contributed by atoms with Gasteiger partial charge >= 0.3 is 0 Å². The normalized spacial score (nSPS) is 13.0. The Kier molecular flexibility index (Phi) is 2.28. The summed E-state index contributed by atoms with van der Waals surface area (Å²) in [4.78, 5) is 7.90. The first kappa shape index (κ1) is 8.89. The molecule has 1 N–H and O–H groups in total. The lowest BCUT2D eigenvalue weighted by Gasteiger charge is -1.94. The fraction of sp³-hybridized carbons (Fsp3) is 0.375. The Balaban J connectivity index is 2.11. The lowest BCUT2D eigenvalue weighted by molar-refractivity contribution is 0.151. The Hall–Kier alpha value is -1.69. The number of aromatic nitrogens is 4. The average molecular weight is 194 g/mol. The molecule has 2 heterocycles. The number of hydrogen-bond acceptors (Lipinski definition) is 5. The van der Waals surface area contributed by atoms with Crippen molar-refractivity contribution in [3.05, 3.63) is 30.4 Å². The van der Waals surface area contributed by atoms with Crippen molar-refractivity contribution < 1.29 is 9.63 Å². The second-order valence-electron chi connectivity index (χ2n) is 2.96. The first-order valence-corrected chi connectivity index (χ1v) is 4.22. The molecule has 0 saturated carbocycles. The van der Waals surface area contributed by atoms with Crippen LogP contribution in [0, 0.1) is 0 Å². The third-order valence-electron chi connectivity index (χ3n) is 1.72. The van der Waals surface area contributed by atoms with Crippen LogP contribution in [0.2, 0.25) is 0 Å². The van der Waals surface area contributed by atoms with Gasteiger partial charge in [0.1, 0.15) is 6.10 Å². The molecule has 0 unspecified atom stereocenters. The van der Waals surface area contributed by atoms with E-state index >= 15 is 0 Å². The van der Waals surface area contributed by atoms with E-state index in [1.165, 1.54) is 0 Å². The smallest absolute Gasteiger partial charge is 0.255 e. The van der Waals surface area contributed by atoms with Gasteiger partial charge in [-0.05, 0) is 6.92 Å². The summed E-state index contributed by atoms with van der Waals surface area (Å²) in [5.74, 6) is 0.763. The zero-order chi connectivity index (χ0) is 9.97. The Morgan fingerprint density at radius 3 is 3.07 bits per heavy atom. The maximum atomic E-state index is 9.15. The number of rotatable bonds is 3. The summed E-state index contributed by atoms with van der Waals surface area (Å²) in [7, 11) is 0. The molecule has 2 rings (SSSR count). The highest BCUT2D eigenvalue weighted by Crippen LogP contribution is 2.08. The summed E-state index contributed by atoms with van der Waals surface area (Å²) in [5, 5.41) is 12.9. The number of hydrogen-bond donors (Lipinski definition) is 1. The van der Waals surface area contributed by atoms with Crippen molar-refractivity contribution in [3.8, 4) is 0 Å². The van der Waals surface area contributed by atoms with E-state index in [4.69, 9.17) is 9.63 Å². The van der Waals surface area contributed by atoms with Gasteiger partial charge in [-0.25, -0.2) is 4.98 Å². The molecule has 6 heteroatoms. The number of aliphatic hydroxyl groups is 1. The fourth-order valence-electron chi connectivity index (χ4n) is 1.04. The van der Waals surface area contributed by atoms with Gasteiger partial charge in [0.2, 0.25) is 0 Å². The molecule has 0 amide bonds. The Bertz CT molecular complexity index is 393. The highest BCUT2D eigenvalue weighted by Gasteiger charge is 2.10. The summed E-state index contributed by atoms with van der Waals surface area (Å²) in [6.07, 6.45) is 4.42. The van der Waals surface area contributed by atoms with E-state index in [1.807, 2.05) is 4.57 Å². The first-order valence-electron chi connectivity index (χ1n) is 4.22. The van der Waals surface area contributed by atoms with Crippen molar-refractivity contribution >= 4 is 0 Å². The Morgan fingerprint density at radius 2 is 2.50 bits per heavy atom. The van der Waals surface area contributed by atoms with E-state index in [2.05, 4.69) is 15.1 Å². The molecule has 6 nitrogen and oxygen atoms in total. The second-order valence-corrected chi connectivity index (χ2v) is 2.96. The summed E-state index contributed by atoms with van der Waals surface area (Å²) in [5.41, 5.74) is 0. The molecule has 0 radical (unpaired) electrons. The van der Waals surface area contributed by atoms with Gasteiger partial charge in [0.25, 0.3) is 5.89 Å². The highest BCUT2D eigenvalue weighted by molar-refractivity contribution is 4.90. The van der Waals surface area contributed by atoms with E-state index in [9.17, 15) is 0 Å². The third-order valence-corrected chi connectivity index (χ3v) is 1.72. The van der Waals surface area contributed by atoms with Crippen LogP contribution in [-0.4, -0.2) is 24.8 Å². The van der Waals surface area contributed by atoms with Crippen LogP contribution < -0.4 is 0 Å². The zero-order valence-corrected chi connectivity index (χ0v) is 7.66. The molecule has 14 heavy (non-hydrogen) atoms. The topological polar surface area (TPSA) is 77.0 Å². The molecule has 0 aromatic carbocycles. The molecule has 1 atom stereocenters. The molecule has 0 aliphatic heterocycles. The van der Waals surface area contributed by atoms with Crippen molar-refractivity contribution in [2.24, 2.45) is 0 Å². The van der Waals surface area contributed by atoms with E-state index < -0.39 is 6.10 Å². The minimum absolute atomic E-state index is 0.236. The van der Waals surface area contributed by atoms with Crippen LogP contribution in [-0.2, 0) is 6.54 Å². The van der Waals surface area contributed by atoms with Crippen LogP contribution in [0.1, 0.15) is 24.7 Å². The van der Waals surface area contributed by atoms with Gasteiger partial charge in [-0.1, -0.05) is 5.16 Å². The van der Waals surface area contributed by atoms with Crippen molar-refractivity contribution in [2.75, 3.05) is 0 Å². The number of imidazole rings is 1.